The van der Waals surface area contributed by atoms with E-state index in [0.29, 0.717) is 38.2 Å². The molecule has 1 aromatic heterocycles. The van der Waals surface area contributed by atoms with Gasteiger partial charge < -0.3 is 19.9 Å². The summed E-state index contributed by atoms with van der Waals surface area (Å²) >= 11 is 0. The maximum Gasteiger partial charge on any atom is 0.421 e. The zero-order valence-electron chi connectivity index (χ0n) is 22.5. The Hall–Kier alpha value is -3.17. The number of ether oxygens (including phenoxy) is 1. The molecule has 0 spiro atoms. The number of halogens is 4. The molecular formula is C28H33F4N7O. The third-order valence-electron chi connectivity index (χ3n) is 8.70. The van der Waals surface area contributed by atoms with Crippen molar-refractivity contribution in [3.05, 3.63) is 40.8 Å². The molecule has 1 aliphatic carbocycles. The maximum atomic E-state index is 14.4. The number of hydrogen-bond donors (Lipinski definition) is 1. The van der Waals surface area contributed by atoms with Gasteiger partial charge in [-0.25, -0.2) is 4.39 Å². The Morgan fingerprint density at radius 3 is 2.70 bits per heavy atom. The molecule has 2 atom stereocenters. The zero-order chi connectivity index (χ0) is 28.1. The van der Waals surface area contributed by atoms with Crippen molar-refractivity contribution < 1.29 is 22.3 Å². The Bertz CT molecular complexity index is 1310. The lowest BCUT2D eigenvalue weighted by Crippen LogP contribution is -2.51. The number of benzene rings is 1. The lowest BCUT2D eigenvalue weighted by molar-refractivity contribution is -0.139. The van der Waals surface area contributed by atoms with Gasteiger partial charge in [-0.2, -0.15) is 28.4 Å². The second-order valence-electron chi connectivity index (χ2n) is 11.3. The zero-order valence-corrected chi connectivity index (χ0v) is 22.5. The molecule has 2 aromatic rings. The highest BCUT2D eigenvalue weighted by Crippen LogP contribution is 2.48. The Balaban J connectivity index is 1.36. The van der Waals surface area contributed by atoms with Crippen LogP contribution in [0.1, 0.15) is 48.9 Å². The first kappa shape index (κ1) is 27.0. The number of rotatable bonds is 6. The molecule has 6 rings (SSSR count). The number of alkyl halides is 3. The van der Waals surface area contributed by atoms with Gasteiger partial charge in [0.25, 0.3) is 0 Å². The molecule has 8 nitrogen and oxygen atoms in total. The van der Waals surface area contributed by atoms with Crippen LogP contribution in [0.25, 0.3) is 0 Å². The molecule has 3 fully saturated rings. The first-order valence-corrected chi connectivity index (χ1v) is 13.9. The molecule has 4 aliphatic rings. The van der Waals surface area contributed by atoms with Crippen LogP contribution in [0, 0.1) is 17.1 Å². The minimum Gasteiger partial charge on any atom is -0.455 e. The molecule has 214 valence electrons. The van der Waals surface area contributed by atoms with Gasteiger partial charge in [-0.05, 0) is 57.8 Å². The molecule has 1 saturated carbocycles. The molecule has 2 saturated heterocycles. The van der Waals surface area contributed by atoms with Crippen molar-refractivity contribution in [2.75, 3.05) is 49.6 Å². The number of aromatic nitrogens is 2. The highest BCUT2D eigenvalue weighted by Gasteiger charge is 2.55. The van der Waals surface area contributed by atoms with Gasteiger partial charge in [0.15, 0.2) is 0 Å². The summed E-state index contributed by atoms with van der Waals surface area (Å²) in [5.74, 6) is -0.571. The quantitative estimate of drug-likeness (QED) is 0.534. The third-order valence-corrected chi connectivity index (χ3v) is 8.70. The fraction of sp³-hybridized carbons (Fsp3) is 0.607. The number of nitrogens with one attached hydrogen (secondary N) is 1. The lowest BCUT2D eigenvalue weighted by atomic mass is 10.0. The summed E-state index contributed by atoms with van der Waals surface area (Å²) in [6.07, 6.45) is -0.114. The van der Waals surface area contributed by atoms with Gasteiger partial charge in [-0.1, -0.05) is 6.07 Å². The standard InChI is InChI=1S/C28H33F4N7O/c1-37-13-3-6-23(37)27(9-10-27)40-26-35-21-17-38(22-5-2-4-20(29)24(22)28(30,31)32)14-8-19(21)25(36-26)39-15-12-34-18(16-39)7-11-33/h2,4-5,18,23,34H,3,6-10,12-17H2,1H3. The molecular weight excluding hydrogens is 526 g/mol. The topological polar surface area (TPSA) is 80.5 Å². The first-order chi connectivity index (χ1) is 19.2. The molecule has 4 heterocycles. The second kappa shape index (κ2) is 10.3. The van der Waals surface area contributed by atoms with E-state index >= 15 is 0 Å². The van der Waals surface area contributed by atoms with E-state index in [4.69, 9.17) is 14.7 Å². The SMILES string of the molecule is CN1CCCC1C1(Oc2nc3c(c(N4CCNC(CC#N)C4)n2)CCN(c2cccc(F)c2C(F)(F)F)C3)CC1. The van der Waals surface area contributed by atoms with Crippen LogP contribution in [0.5, 0.6) is 6.01 Å². The van der Waals surface area contributed by atoms with E-state index in [1.807, 2.05) is 0 Å². The predicted molar refractivity (Wildman–Crippen MR) is 141 cm³/mol. The van der Waals surface area contributed by atoms with Crippen molar-refractivity contribution in [1.82, 2.24) is 20.2 Å². The molecule has 0 bridgehead atoms. The maximum absolute atomic E-state index is 14.4. The summed E-state index contributed by atoms with van der Waals surface area (Å²) in [5.41, 5.74) is -0.345. The van der Waals surface area contributed by atoms with Crippen LogP contribution < -0.4 is 19.9 Å². The summed E-state index contributed by atoms with van der Waals surface area (Å²) in [4.78, 5) is 15.7. The van der Waals surface area contributed by atoms with Crippen molar-refractivity contribution >= 4 is 11.5 Å². The molecule has 12 heteroatoms. The minimum absolute atomic E-state index is 0.0163. The lowest BCUT2D eigenvalue weighted by Gasteiger charge is -2.38. The van der Waals surface area contributed by atoms with Crippen LogP contribution in [-0.2, 0) is 19.1 Å². The highest BCUT2D eigenvalue weighted by molar-refractivity contribution is 5.60. The van der Waals surface area contributed by atoms with Gasteiger partial charge in [0.2, 0.25) is 0 Å². The average molecular weight is 560 g/mol. The molecule has 40 heavy (non-hydrogen) atoms. The van der Waals surface area contributed by atoms with Crippen molar-refractivity contribution in [2.45, 2.75) is 68.9 Å². The van der Waals surface area contributed by atoms with Crippen molar-refractivity contribution in [1.29, 1.82) is 5.26 Å². The largest absolute Gasteiger partial charge is 0.455 e. The number of fused-ring (bicyclic) bond motifs is 1. The van der Waals surface area contributed by atoms with E-state index in [0.717, 1.165) is 49.7 Å². The van der Waals surface area contributed by atoms with Crippen LogP contribution in [-0.4, -0.2) is 72.3 Å². The number of hydrogen-bond acceptors (Lipinski definition) is 8. The molecule has 3 aliphatic heterocycles. The third kappa shape index (κ3) is 5.05. The summed E-state index contributed by atoms with van der Waals surface area (Å²) < 4.78 is 62.5. The summed E-state index contributed by atoms with van der Waals surface area (Å²) in [7, 11) is 2.10. The van der Waals surface area contributed by atoms with Gasteiger partial charge in [-0.3, -0.25) is 4.90 Å². The van der Waals surface area contributed by atoms with Crippen molar-refractivity contribution in [3.8, 4) is 12.1 Å². The van der Waals surface area contributed by atoms with E-state index in [2.05, 4.69) is 28.2 Å². The fourth-order valence-electron chi connectivity index (χ4n) is 6.61. The number of piperazine rings is 1. The van der Waals surface area contributed by atoms with Gasteiger partial charge in [0.05, 0.1) is 30.4 Å². The van der Waals surface area contributed by atoms with Crippen molar-refractivity contribution in [3.63, 3.8) is 0 Å². The Morgan fingerprint density at radius 1 is 1.18 bits per heavy atom. The fourth-order valence-corrected chi connectivity index (χ4v) is 6.61. The first-order valence-electron chi connectivity index (χ1n) is 13.9. The number of likely N-dealkylation sites (N-methyl/N-ethyl adjacent to an activating group) is 1. The van der Waals surface area contributed by atoms with Gasteiger partial charge in [0.1, 0.15) is 22.8 Å². The Labute approximate surface area is 230 Å². The molecule has 1 aromatic carbocycles. The predicted octanol–water partition coefficient (Wildman–Crippen LogP) is 3.89. The number of likely N-dealkylation sites (tertiary alicyclic amines) is 1. The molecule has 0 amide bonds. The molecule has 1 N–H and O–H groups in total. The van der Waals surface area contributed by atoms with Crippen LogP contribution in [0.3, 0.4) is 0 Å². The van der Waals surface area contributed by atoms with Crippen LogP contribution in [0.15, 0.2) is 18.2 Å². The molecule has 2 unspecified atom stereocenters. The highest BCUT2D eigenvalue weighted by atomic mass is 19.4. The van der Waals surface area contributed by atoms with Gasteiger partial charge in [-0.15, -0.1) is 0 Å². The van der Waals surface area contributed by atoms with Crippen LogP contribution in [0.2, 0.25) is 0 Å². The number of anilines is 2. The van der Waals surface area contributed by atoms with E-state index < -0.39 is 17.6 Å². The van der Waals surface area contributed by atoms with E-state index in [-0.39, 0.29) is 42.5 Å². The van der Waals surface area contributed by atoms with Crippen LogP contribution >= 0.6 is 0 Å². The smallest absolute Gasteiger partial charge is 0.421 e. The van der Waals surface area contributed by atoms with Gasteiger partial charge >= 0.3 is 12.2 Å². The summed E-state index contributed by atoms with van der Waals surface area (Å²) in [6.45, 7) is 3.30. The van der Waals surface area contributed by atoms with Crippen LogP contribution in [0.4, 0.5) is 29.1 Å². The molecule has 0 radical (unpaired) electrons. The van der Waals surface area contributed by atoms with Crippen molar-refractivity contribution in [2.24, 2.45) is 0 Å². The minimum atomic E-state index is -4.83. The van der Waals surface area contributed by atoms with E-state index in [9.17, 15) is 22.8 Å². The van der Waals surface area contributed by atoms with E-state index in [1.165, 1.54) is 12.1 Å². The monoisotopic (exact) mass is 559 g/mol. The summed E-state index contributed by atoms with van der Waals surface area (Å²) in [6, 6.07) is 6.17. The Kier molecular flexibility index (Phi) is 6.99. The Morgan fingerprint density at radius 2 is 2.00 bits per heavy atom. The second-order valence-corrected chi connectivity index (χ2v) is 11.3. The normalized spacial score (nSPS) is 24.5. The average Bonchev–Trinajstić information content (AvgIpc) is 3.56. The number of nitrogens with zero attached hydrogens (tertiary/aromatic N) is 6. The summed E-state index contributed by atoms with van der Waals surface area (Å²) in [5, 5.41) is 12.6. The number of nitriles is 1. The van der Waals surface area contributed by atoms with Gasteiger partial charge in [0, 0.05) is 43.8 Å². The van der Waals surface area contributed by atoms with E-state index in [1.54, 1.807) is 4.90 Å².